The van der Waals surface area contributed by atoms with E-state index in [2.05, 4.69) is 27.7 Å². The standard InChI is InChI=1S/C25H46O7/c1-16(18-12-27-18)11-22(5,6)30-25(26,32-24(9,10)17(2)19-13-28-19)31-23(7,8)15-21(3,4)20-14-29-20/h16-20,26H,11-15H2,1-10H3. The average Bonchev–Trinajstić information content (AvgIpc) is 3.46. The average molecular weight is 459 g/mol. The van der Waals surface area contributed by atoms with Crippen LogP contribution in [0.25, 0.3) is 0 Å². The number of hydrogen-bond acceptors (Lipinski definition) is 7. The Balaban J connectivity index is 1.76. The second kappa shape index (κ2) is 8.74. The van der Waals surface area contributed by atoms with Gasteiger partial charge >= 0.3 is 6.16 Å². The van der Waals surface area contributed by atoms with Crippen LogP contribution in [-0.4, -0.2) is 66.2 Å². The molecule has 3 rings (SSSR count). The zero-order valence-corrected chi connectivity index (χ0v) is 21.8. The fraction of sp³-hybridized carbons (Fsp3) is 1.00. The first-order chi connectivity index (χ1) is 14.4. The maximum Gasteiger partial charge on any atom is 0.411 e. The van der Waals surface area contributed by atoms with Crippen molar-refractivity contribution in [1.82, 2.24) is 0 Å². The molecule has 7 heteroatoms. The van der Waals surface area contributed by atoms with Crippen LogP contribution in [0.2, 0.25) is 0 Å². The van der Waals surface area contributed by atoms with Gasteiger partial charge in [-0.25, -0.2) is 0 Å². The largest absolute Gasteiger partial charge is 0.411 e. The molecule has 0 spiro atoms. The zero-order chi connectivity index (χ0) is 24.2. The molecular formula is C25H46O7. The van der Waals surface area contributed by atoms with E-state index >= 15 is 0 Å². The van der Waals surface area contributed by atoms with Crippen molar-refractivity contribution in [1.29, 1.82) is 0 Å². The van der Waals surface area contributed by atoms with Crippen LogP contribution in [0.3, 0.4) is 0 Å². The van der Waals surface area contributed by atoms with E-state index in [1.807, 2.05) is 41.5 Å². The molecule has 6 atom stereocenters. The third kappa shape index (κ3) is 7.36. The van der Waals surface area contributed by atoms with E-state index in [-0.39, 0.29) is 29.6 Å². The van der Waals surface area contributed by atoms with Gasteiger partial charge in [0.1, 0.15) is 0 Å². The first kappa shape index (κ1) is 26.3. The van der Waals surface area contributed by atoms with Crippen molar-refractivity contribution in [3.8, 4) is 0 Å². The summed E-state index contributed by atoms with van der Waals surface area (Å²) in [5, 5.41) is 11.7. The van der Waals surface area contributed by atoms with Crippen LogP contribution in [0.1, 0.15) is 82.1 Å². The van der Waals surface area contributed by atoms with E-state index < -0.39 is 23.0 Å². The molecule has 6 unspecified atom stereocenters. The SMILES string of the molecule is CC(CC(C)(C)OC(O)(OC(C)(C)CC(C)(C)C1CO1)OC(C)(C)C(C)C1CO1)C1CO1. The van der Waals surface area contributed by atoms with E-state index in [4.69, 9.17) is 28.4 Å². The topological polar surface area (TPSA) is 85.5 Å². The van der Waals surface area contributed by atoms with Crippen LogP contribution in [0.4, 0.5) is 0 Å². The minimum Gasteiger partial charge on any atom is -0.373 e. The van der Waals surface area contributed by atoms with E-state index in [1.54, 1.807) is 0 Å². The molecule has 0 bridgehead atoms. The number of epoxide rings is 3. The van der Waals surface area contributed by atoms with Crippen molar-refractivity contribution in [2.75, 3.05) is 19.8 Å². The number of ether oxygens (including phenoxy) is 6. The molecule has 0 aliphatic carbocycles. The summed E-state index contributed by atoms with van der Waals surface area (Å²) >= 11 is 0. The molecule has 0 aromatic heterocycles. The minimum absolute atomic E-state index is 0.0579. The third-order valence-electron chi connectivity index (χ3n) is 7.11. The Bertz CT molecular complexity index is 647. The number of rotatable bonds is 14. The predicted octanol–water partition coefficient (Wildman–Crippen LogP) is 4.25. The highest BCUT2D eigenvalue weighted by molar-refractivity contribution is 4.93. The van der Waals surface area contributed by atoms with Crippen LogP contribution in [0, 0.1) is 17.3 Å². The third-order valence-corrected chi connectivity index (χ3v) is 7.11. The van der Waals surface area contributed by atoms with E-state index in [1.165, 1.54) is 0 Å². The molecule has 3 aliphatic heterocycles. The van der Waals surface area contributed by atoms with Crippen molar-refractivity contribution < 1.29 is 33.5 Å². The first-order valence-electron chi connectivity index (χ1n) is 12.1. The van der Waals surface area contributed by atoms with Gasteiger partial charge in [-0.15, -0.1) is 0 Å². The molecule has 188 valence electrons. The summed E-state index contributed by atoms with van der Waals surface area (Å²) in [6, 6.07) is 0. The highest BCUT2D eigenvalue weighted by atomic mass is 17.0. The fourth-order valence-corrected chi connectivity index (χ4v) is 5.06. The van der Waals surface area contributed by atoms with Gasteiger partial charge in [0, 0.05) is 5.92 Å². The second-order valence-corrected chi connectivity index (χ2v) is 12.7. The van der Waals surface area contributed by atoms with Crippen LogP contribution < -0.4 is 0 Å². The number of hydrogen-bond donors (Lipinski definition) is 1. The Kier molecular flexibility index (Phi) is 7.19. The molecule has 0 aromatic carbocycles. The van der Waals surface area contributed by atoms with Gasteiger partial charge in [0.05, 0.1) is 54.9 Å². The van der Waals surface area contributed by atoms with Crippen LogP contribution in [-0.2, 0) is 28.4 Å². The summed E-state index contributed by atoms with van der Waals surface area (Å²) in [6.45, 7) is 22.5. The molecule has 1 N–H and O–H groups in total. The fourth-order valence-electron chi connectivity index (χ4n) is 5.06. The summed E-state index contributed by atoms with van der Waals surface area (Å²) in [5.41, 5.74) is -2.24. The lowest BCUT2D eigenvalue weighted by molar-refractivity contribution is -0.543. The lowest BCUT2D eigenvalue weighted by Crippen LogP contribution is -2.56. The van der Waals surface area contributed by atoms with Crippen LogP contribution in [0.15, 0.2) is 0 Å². The lowest BCUT2D eigenvalue weighted by Gasteiger charge is -2.46. The Labute approximate surface area is 194 Å². The molecule has 0 aromatic rings. The molecule has 0 amide bonds. The Morgan fingerprint density at radius 1 is 0.781 bits per heavy atom. The van der Waals surface area contributed by atoms with Crippen LogP contribution >= 0.6 is 0 Å². The summed E-state index contributed by atoms with van der Waals surface area (Å²) < 4.78 is 35.3. The minimum atomic E-state index is -2.22. The molecule has 3 fully saturated rings. The van der Waals surface area contributed by atoms with Gasteiger partial charge in [-0.3, -0.25) is 14.2 Å². The van der Waals surface area contributed by atoms with Gasteiger partial charge in [-0.05, 0) is 65.7 Å². The van der Waals surface area contributed by atoms with Crippen molar-refractivity contribution in [2.24, 2.45) is 17.3 Å². The molecule has 0 radical (unpaired) electrons. The molecule has 3 aliphatic rings. The van der Waals surface area contributed by atoms with Gasteiger partial charge in [0.2, 0.25) is 0 Å². The molecule has 3 heterocycles. The monoisotopic (exact) mass is 458 g/mol. The summed E-state index contributed by atoms with van der Waals surface area (Å²) in [4.78, 5) is 0. The predicted molar refractivity (Wildman–Crippen MR) is 121 cm³/mol. The Morgan fingerprint density at radius 2 is 1.28 bits per heavy atom. The van der Waals surface area contributed by atoms with E-state index in [0.717, 1.165) is 13.2 Å². The summed E-state index contributed by atoms with van der Waals surface area (Å²) in [5.74, 6) is 0.363. The van der Waals surface area contributed by atoms with Crippen molar-refractivity contribution in [3.05, 3.63) is 0 Å². The highest BCUT2D eigenvalue weighted by Crippen LogP contribution is 2.44. The smallest absolute Gasteiger partial charge is 0.373 e. The van der Waals surface area contributed by atoms with Crippen molar-refractivity contribution in [2.45, 2.75) is 123 Å². The van der Waals surface area contributed by atoms with Gasteiger partial charge in [0.25, 0.3) is 0 Å². The molecule has 3 saturated heterocycles. The molecular weight excluding hydrogens is 412 g/mol. The van der Waals surface area contributed by atoms with Gasteiger partial charge in [-0.2, -0.15) is 0 Å². The highest BCUT2D eigenvalue weighted by Gasteiger charge is 2.52. The first-order valence-corrected chi connectivity index (χ1v) is 12.1. The van der Waals surface area contributed by atoms with Gasteiger partial charge < -0.3 is 19.3 Å². The summed E-state index contributed by atoms with van der Waals surface area (Å²) in [6.07, 6.45) is -0.255. The van der Waals surface area contributed by atoms with E-state index in [0.29, 0.717) is 25.4 Å². The number of aliphatic hydroxyl groups is 1. The van der Waals surface area contributed by atoms with E-state index in [9.17, 15) is 5.11 Å². The maximum atomic E-state index is 11.7. The lowest BCUT2D eigenvalue weighted by atomic mass is 9.79. The summed E-state index contributed by atoms with van der Waals surface area (Å²) in [7, 11) is 0. The van der Waals surface area contributed by atoms with Crippen molar-refractivity contribution in [3.63, 3.8) is 0 Å². The quantitative estimate of drug-likeness (QED) is 0.308. The molecule has 7 nitrogen and oxygen atoms in total. The van der Waals surface area contributed by atoms with Gasteiger partial charge in [-0.1, -0.05) is 27.7 Å². The Morgan fingerprint density at radius 3 is 1.75 bits per heavy atom. The molecule has 0 saturated carbocycles. The second-order valence-electron chi connectivity index (χ2n) is 12.7. The molecule has 32 heavy (non-hydrogen) atoms. The zero-order valence-electron chi connectivity index (χ0n) is 21.8. The van der Waals surface area contributed by atoms with Crippen molar-refractivity contribution >= 4 is 0 Å². The van der Waals surface area contributed by atoms with Crippen LogP contribution in [0.5, 0.6) is 0 Å². The maximum absolute atomic E-state index is 11.7. The van der Waals surface area contributed by atoms with Gasteiger partial charge in [0.15, 0.2) is 0 Å². The normalized spacial score (nSPS) is 29.9. The Hall–Kier alpha value is -0.280.